The normalized spacial score (nSPS) is 18.2. The van der Waals surface area contributed by atoms with Gasteiger partial charge in [-0.2, -0.15) is 5.10 Å². The summed E-state index contributed by atoms with van der Waals surface area (Å²) in [5.74, 6) is 0.981. The van der Waals surface area contributed by atoms with E-state index in [2.05, 4.69) is 20.4 Å². The van der Waals surface area contributed by atoms with E-state index in [1.807, 2.05) is 49.7 Å². The highest BCUT2D eigenvalue weighted by Crippen LogP contribution is 2.35. The SMILES string of the molecule is Cc1cc(Nc2nccc(-c3nc(-c4cccc(C5(O)CCN(C)C5=O)c4)cs3)n2)n(C)n1. The Hall–Kier alpha value is -3.63. The highest BCUT2D eigenvalue weighted by atomic mass is 32.1. The van der Waals surface area contributed by atoms with Crippen LogP contribution in [-0.4, -0.2) is 54.2 Å². The number of hydrogen-bond donors (Lipinski definition) is 2. The molecule has 0 saturated carbocycles. The van der Waals surface area contributed by atoms with Crippen LogP contribution in [0.1, 0.15) is 17.7 Å². The fourth-order valence-electron chi connectivity index (χ4n) is 3.96. The number of rotatable bonds is 5. The highest BCUT2D eigenvalue weighted by Gasteiger charge is 2.45. The van der Waals surface area contributed by atoms with Crippen molar-refractivity contribution < 1.29 is 9.90 Å². The van der Waals surface area contributed by atoms with Crippen LogP contribution >= 0.6 is 11.3 Å². The fourth-order valence-corrected chi connectivity index (χ4v) is 4.76. The van der Waals surface area contributed by atoms with E-state index in [0.717, 1.165) is 27.8 Å². The van der Waals surface area contributed by atoms with Crippen LogP contribution < -0.4 is 5.32 Å². The first-order valence-corrected chi connectivity index (χ1v) is 11.4. The number of carbonyl (C=O) groups is 1. The molecule has 0 bridgehead atoms. The van der Waals surface area contributed by atoms with Gasteiger partial charge < -0.3 is 15.3 Å². The molecular weight excluding hydrogens is 438 g/mol. The summed E-state index contributed by atoms with van der Waals surface area (Å²) in [5.41, 5.74) is 2.30. The molecule has 4 heterocycles. The van der Waals surface area contributed by atoms with Crippen LogP contribution in [0.25, 0.3) is 22.0 Å². The van der Waals surface area contributed by atoms with Crippen LogP contribution in [0, 0.1) is 6.92 Å². The van der Waals surface area contributed by atoms with Crippen molar-refractivity contribution in [3.8, 4) is 22.0 Å². The number of hydrogen-bond acceptors (Lipinski definition) is 8. The van der Waals surface area contributed by atoms with E-state index in [1.54, 1.807) is 28.9 Å². The maximum Gasteiger partial charge on any atom is 0.258 e. The lowest BCUT2D eigenvalue weighted by Crippen LogP contribution is -2.36. The molecule has 1 unspecified atom stereocenters. The van der Waals surface area contributed by atoms with Gasteiger partial charge in [-0.05, 0) is 24.6 Å². The molecule has 0 spiro atoms. The second-order valence-electron chi connectivity index (χ2n) is 8.14. The van der Waals surface area contributed by atoms with E-state index in [-0.39, 0.29) is 5.91 Å². The molecule has 2 N–H and O–H groups in total. The Morgan fingerprint density at radius 3 is 2.73 bits per heavy atom. The Morgan fingerprint density at radius 2 is 2.00 bits per heavy atom. The summed E-state index contributed by atoms with van der Waals surface area (Å²) in [7, 11) is 3.56. The van der Waals surface area contributed by atoms with Crippen molar-refractivity contribution in [3.05, 3.63) is 59.2 Å². The molecule has 1 aliphatic rings. The van der Waals surface area contributed by atoms with Gasteiger partial charge >= 0.3 is 0 Å². The molecule has 3 aromatic heterocycles. The van der Waals surface area contributed by atoms with Gasteiger partial charge in [0.05, 0.1) is 11.4 Å². The van der Waals surface area contributed by atoms with Crippen molar-refractivity contribution in [1.29, 1.82) is 0 Å². The van der Waals surface area contributed by atoms with Gasteiger partial charge in [0.25, 0.3) is 5.91 Å². The smallest absolute Gasteiger partial charge is 0.258 e. The molecule has 1 aromatic carbocycles. The number of amides is 1. The first-order valence-electron chi connectivity index (χ1n) is 10.5. The topological polar surface area (TPSA) is 109 Å². The van der Waals surface area contributed by atoms with Crippen LogP contribution in [0.3, 0.4) is 0 Å². The second-order valence-corrected chi connectivity index (χ2v) is 9.00. The Bertz CT molecular complexity index is 1350. The first-order chi connectivity index (χ1) is 15.8. The quantitative estimate of drug-likeness (QED) is 0.470. The van der Waals surface area contributed by atoms with Gasteiger partial charge in [0.2, 0.25) is 5.95 Å². The van der Waals surface area contributed by atoms with Gasteiger partial charge in [-0.3, -0.25) is 9.48 Å². The number of carbonyl (C=O) groups excluding carboxylic acids is 1. The van der Waals surface area contributed by atoms with E-state index in [9.17, 15) is 9.90 Å². The summed E-state index contributed by atoms with van der Waals surface area (Å²) in [6.45, 7) is 2.46. The molecule has 4 aromatic rings. The van der Waals surface area contributed by atoms with Gasteiger partial charge in [-0.1, -0.05) is 18.2 Å². The van der Waals surface area contributed by atoms with E-state index < -0.39 is 5.60 Å². The van der Waals surface area contributed by atoms with Gasteiger partial charge in [0, 0.05) is 50.3 Å². The third-order valence-corrected chi connectivity index (χ3v) is 6.63. The number of nitrogens with one attached hydrogen (secondary N) is 1. The van der Waals surface area contributed by atoms with Crippen molar-refractivity contribution in [1.82, 2.24) is 29.6 Å². The zero-order valence-electron chi connectivity index (χ0n) is 18.5. The van der Waals surface area contributed by atoms with Crippen LogP contribution in [-0.2, 0) is 17.4 Å². The highest BCUT2D eigenvalue weighted by molar-refractivity contribution is 7.13. The predicted octanol–water partition coefficient (Wildman–Crippen LogP) is 3.10. The average molecular weight is 462 g/mol. The largest absolute Gasteiger partial charge is 0.375 e. The van der Waals surface area contributed by atoms with Crippen LogP contribution in [0.4, 0.5) is 11.8 Å². The van der Waals surface area contributed by atoms with E-state index in [1.165, 1.54) is 11.3 Å². The fraction of sp³-hybridized carbons (Fsp3) is 0.261. The molecule has 0 aliphatic carbocycles. The number of likely N-dealkylation sites (N-methyl/N-ethyl adjacent to an activating group) is 1. The van der Waals surface area contributed by atoms with Crippen LogP contribution in [0.15, 0.2) is 48.0 Å². The maximum atomic E-state index is 12.5. The Balaban J connectivity index is 1.41. The molecule has 168 valence electrons. The predicted molar refractivity (Wildman–Crippen MR) is 126 cm³/mol. The molecule has 10 heteroatoms. The monoisotopic (exact) mass is 461 g/mol. The van der Waals surface area contributed by atoms with Gasteiger partial charge in [0.1, 0.15) is 16.5 Å². The molecule has 1 atom stereocenters. The Morgan fingerprint density at radius 1 is 1.15 bits per heavy atom. The summed E-state index contributed by atoms with van der Waals surface area (Å²) in [6.07, 6.45) is 2.06. The van der Waals surface area contributed by atoms with Crippen molar-refractivity contribution in [3.63, 3.8) is 0 Å². The molecule has 9 nitrogen and oxygen atoms in total. The average Bonchev–Trinajstić information content (AvgIpc) is 3.50. The summed E-state index contributed by atoms with van der Waals surface area (Å²) in [6, 6.07) is 11.1. The molecule has 1 aliphatic heterocycles. The minimum Gasteiger partial charge on any atom is -0.375 e. The Labute approximate surface area is 194 Å². The van der Waals surface area contributed by atoms with Gasteiger partial charge in [-0.25, -0.2) is 15.0 Å². The molecule has 1 fully saturated rings. The number of benzene rings is 1. The van der Waals surface area contributed by atoms with E-state index >= 15 is 0 Å². The molecule has 33 heavy (non-hydrogen) atoms. The van der Waals surface area contributed by atoms with Crippen molar-refractivity contribution in [2.24, 2.45) is 7.05 Å². The molecule has 0 radical (unpaired) electrons. The molecular formula is C23H23N7O2S. The van der Waals surface area contributed by atoms with Crippen molar-refractivity contribution in [2.75, 3.05) is 18.9 Å². The number of likely N-dealkylation sites (tertiary alicyclic amines) is 1. The van der Waals surface area contributed by atoms with Crippen LogP contribution in [0.5, 0.6) is 0 Å². The lowest BCUT2D eigenvalue weighted by Gasteiger charge is -2.21. The van der Waals surface area contributed by atoms with Gasteiger partial charge in [-0.15, -0.1) is 11.3 Å². The second kappa shape index (κ2) is 8.05. The number of aromatic nitrogens is 5. The zero-order valence-corrected chi connectivity index (χ0v) is 19.3. The molecule has 5 rings (SSSR count). The van der Waals surface area contributed by atoms with Crippen LogP contribution in [0.2, 0.25) is 0 Å². The summed E-state index contributed by atoms with van der Waals surface area (Å²) >= 11 is 1.47. The third-order valence-electron chi connectivity index (χ3n) is 5.77. The Kier molecular flexibility index (Phi) is 5.18. The lowest BCUT2D eigenvalue weighted by molar-refractivity contribution is -0.143. The summed E-state index contributed by atoms with van der Waals surface area (Å²) in [5, 5.41) is 21.2. The minimum absolute atomic E-state index is 0.275. The number of nitrogens with zero attached hydrogens (tertiary/aromatic N) is 6. The number of anilines is 2. The number of aryl methyl sites for hydroxylation is 2. The number of aliphatic hydroxyl groups is 1. The summed E-state index contributed by atoms with van der Waals surface area (Å²) < 4.78 is 1.74. The van der Waals surface area contributed by atoms with Gasteiger partial charge in [0.15, 0.2) is 5.60 Å². The third kappa shape index (κ3) is 3.87. The maximum absolute atomic E-state index is 12.5. The van der Waals surface area contributed by atoms with Crippen molar-refractivity contribution >= 4 is 29.0 Å². The standard InChI is InChI=1S/C23H23N7O2S/c1-14-11-19(30(3)28-14)27-22-24-9-7-17(26-22)20-25-18(13-33-20)15-5-4-6-16(12-15)23(32)8-10-29(2)21(23)31/h4-7,9,11-13,32H,8,10H2,1-3H3,(H,24,26,27). The van der Waals surface area contributed by atoms with E-state index in [4.69, 9.17) is 4.98 Å². The van der Waals surface area contributed by atoms with Crippen molar-refractivity contribution in [2.45, 2.75) is 18.9 Å². The number of thiazole rings is 1. The lowest BCUT2D eigenvalue weighted by atomic mass is 9.90. The molecule has 1 saturated heterocycles. The summed E-state index contributed by atoms with van der Waals surface area (Å²) in [4.78, 5) is 27.7. The zero-order chi connectivity index (χ0) is 23.2. The molecule has 1 amide bonds. The minimum atomic E-state index is -1.49. The van der Waals surface area contributed by atoms with E-state index in [0.29, 0.717) is 30.2 Å². The first kappa shape index (κ1) is 21.2.